The second-order valence-electron chi connectivity index (χ2n) is 5.70. The van der Waals surface area contributed by atoms with Crippen molar-refractivity contribution >= 4 is 0 Å². The lowest BCUT2D eigenvalue weighted by molar-refractivity contribution is 0.336. The van der Waals surface area contributed by atoms with Gasteiger partial charge in [0, 0.05) is 0 Å². The minimum absolute atomic E-state index is 0.532. The monoisotopic (exact) mass is 184 g/mol. The molecule has 80 valence electrons. The lowest BCUT2D eigenvalue weighted by Gasteiger charge is -2.19. The molecule has 0 aliphatic rings. The molecule has 0 heteroatoms. The highest BCUT2D eigenvalue weighted by atomic mass is 14.2. The third kappa shape index (κ3) is 9.92. The molecule has 0 aromatic rings. The fourth-order valence-corrected chi connectivity index (χ4v) is 1.68. The normalized spacial score (nSPS) is 14.5. The molecule has 0 fully saturated rings. The third-order valence-electron chi connectivity index (χ3n) is 2.67. The van der Waals surface area contributed by atoms with Crippen LogP contribution < -0.4 is 0 Å². The second-order valence-corrected chi connectivity index (χ2v) is 5.70. The predicted octanol–water partition coefficient (Wildman–Crippen LogP) is 5.03. The molecule has 0 saturated carbocycles. The minimum atomic E-state index is 0.532. The Bertz CT molecular complexity index is 108. The van der Waals surface area contributed by atoms with E-state index >= 15 is 0 Å². The third-order valence-corrected chi connectivity index (χ3v) is 2.67. The maximum Gasteiger partial charge on any atom is -0.0383 e. The van der Waals surface area contributed by atoms with Crippen molar-refractivity contribution < 1.29 is 0 Å². The van der Waals surface area contributed by atoms with Gasteiger partial charge in [0.25, 0.3) is 0 Å². The summed E-state index contributed by atoms with van der Waals surface area (Å²) < 4.78 is 0. The van der Waals surface area contributed by atoms with Crippen molar-refractivity contribution in [1.29, 1.82) is 0 Å². The number of unbranched alkanes of at least 4 members (excludes halogenated alkanes) is 1. The summed E-state index contributed by atoms with van der Waals surface area (Å²) >= 11 is 0. The zero-order chi connectivity index (χ0) is 10.3. The average molecular weight is 184 g/mol. The van der Waals surface area contributed by atoms with E-state index in [9.17, 15) is 0 Å². The molecule has 0 bridgehead atoms. The molecule has 0 amide bonds. The summed E-state index contributed by atoms with van der Waals surface area (Å²) in [5, 5.41) is 0. The van der Waals surface area contributed by atoms with Crippen LogP contribution in [0.4, 0.5) is 0 Å². The van der Waals surface area contributed by atoms with Gasteiger partial charge in [0.2, 0.25) is 0 Å². The Morgan fingerprint density at radius 2 is 1.54 bits per heavy atom. The Morgan fingerprint density at radius 1 is 1.00 bits per heavy atom. The zero-order valence-electron chi connectivity index (χ0n) is 10.3. The molecule has 0 radical (unpaired) electrons. The summed E-state index contributed by atoms with van der Waals surface area (Å²) in [5.74, 6) is 0.947. The molecule has 0 nitrogen and oxygen atoms in total. The molecule has 0 aliphatic carbocycles. The lowest BCUT2D eigenvalue weighted by Crippen LogP contribution is -2.05. The van der Waals surface area contributed by atoms with Crippen molar-refractivity contribution in [2.45, 2.75) is 73.1 Å². The molecule has 0 heterocycles. The van der Waals surface area contributed by atoms with Gasteiger partial charge in [-0.15, -0.1) is 0 Å². The molecule has 0 rings (SSSR count). The second kappa shape index (κ2) is 6.45. The van der Waals surface area contributed by atoms with Gasteiger partial charge in [0.1, 0.15) is 0 Å². The molecule has 0 N–H and O–H groups in total. The van der Waals surface area contributed by atoms with Crippen molar-refractivity contribution in [3.63, 3.8) is 0 Å². The number of hydrogen-bond donors (Lipinski definition) is 0. The predicted molar refractivity (Wildman–Crippen MR) is 62.0 cm³/mol. The highest BCUT2D eigenvalue weighted by Crippen LogP contribution is 2.24. The van der Waals surface area contributed by atoms with Crippen LogP contribution in [0.15, 0.2) is 0 Å². The molecule has 0 aromatic heterocycles. The largest absolute Gasteiger partial charge is 0.0654 e. The van der Waals surface area contributed by atoms with Crippen molar-refractivity contribution in [2.75, 3.05) is 0 Å². The molecular formula is C13H28. The molecular weight excluding hydrogens is 156 g/mol. The van der Waals surface area contributed by atoms with Gasteiger partial charge >= 0.3 is 0 Å². The Kier molecular flexibility index (Phi) is 6.45. The molecule has 0 unspecified atom stereocenters. The number of rotatable bonds is 6. The van der Waals surface area contributed by atoms with Crippen molar-refractivity contribution in [3.05, 3.63) is 0 Å². The Labute approximate surface area is 85.1 Å². The molecule has 0 saturated heterocycles. The van der Waals surface area contributed by atoms with Gasteiger partial charge < -0.3 is 0 Å². The van der Waals surface area contributed by atoms with Crippen LogP contribution in [0.3, 0.4) is 0 Å². The van der Waals surface area contributed by atoms with Crippen LogP contribution in [0.5, 0.6) is 0 Å². The van der Waals surface area contributed by atoms with Gasteiger partial charge in [-0.2, -0.15) is 0 Å². The van der Waals surface area contributed by atoms with Crippen LogP contribution in [-0.2, 0) is 0 Å². The molecule has 13 heavy (non-hydrogen) atoms. The molecule has 1 atom stereocenters. The topological polar surface area (TPSA) is 0 Å². The maximum atomic E-state index is 2.40. The van der Waals surface area contributed by atoms with E-state index in [0.29, 0.717) is 5.41 Å². The van der Waals surface area contributed by atoms with Crippen LogP contribution in [0.25, 0.3) is 0 Å². The van der Waals surface area contributed by atoms with E-state index in [-0.39, 0.29) is 0 Å². The summed E-state index contributed by atoms with van der Waals surface area (Å²) in [6.45, 7) is 11.7. The number of hydrogen-bond acceptors (Lipinski definition) is 0. The Balaban J connectivity index is 3.31. The lowest BCUT2D eigenvalue weighted by atomic mass is 9.87. The Morgan fingerprint density at radius 3 is 2.00 bits per heavy atom. The van der Waals surface area contributed by atoms with E-state index in [1.807, 2.05) is 0 Å². The first-order chi connectivity index (χ1) is 5.95. The van der Waals surface area contributed by atoms with Crippen LogP contribution >= 0.6 is 0 Å². The minimum Gasteiger partial charge on any atom is -0.0654 e. The van der Waals surface area contributed by atoms with Gasteiger partial charge in [-0.3, -0.25) is 0 Å². The highest BCUT2D eigenvalue weighted by Gasteiger charge is 2.10. The summed E-state index contributed by atoms with van der Waals surface area (Å²) in [6, 6.07) is 0. The van der Waals surface area contributed by atoms with Gasteiger partial charge in [0.15, 0.2) is 0 Å². The van der Waals surface area contributed by atoms with E-state index in [0.717, 1.165) is 5.92 Å². The fourth-order valence-electron chi connectivity index (χ4n) is 1.68. The first kappa shape index (κ1) is 13.0. The first-order valence-corrected chi connectivity index (χ1v) is 5.95. The van der Waals surface area contributed by atoms with Gasteiger partial charge in [0.05, 0.1) is 0 Å². The van der Waals surface area contributed by atoms with Crippen molar-refractivity contribution in [1.82, 2.24) is 0 Å². The van der Waals surface area contributed by atoms with E-state index < -0.39 is 0 Å². The van der Waals surface area contributed by atoms with E-state index in [2.05, 4.69) is 34.6 Å². The Hall–Kier alpha value is 0. The standard InChI is InChI=1S/C13H28/c1-6-7-9-12(2)10-8-11-13(3,4)5/h12H,6-11H2,1-5H3/t12-/m0/s1. The van der Waals surface area contributed by atoms with Gasteiger partial charge in [-0.25, -0.2) is 0 Å². The van der Waals surface area contributed by atoms with Crippen LogP contribution in [0.1, 0.15) is 73.1 Å². The van der Waals surface area contributed by atoms with E-state index in [1.165, 1.54) is 38.5 Å². The molecule has 0 aromatic carbocycles. The van der Waals surface area contributed by atoms with Crippen LogP contribution in [0, 0.1) is 11.3 Å². The van der Waals surface area contributed by atoms with Gasteiger partial charge in [-0.1, -0.05) is 66.7 Å². The summed E-state index contributed by atoms with van der Waals surface area (Å²) in [4.78, 5) is 0. The highest BCUT2D eigenvalue weighted by molar-refractivity contribution is 4.62. The maximum absolute atomic E-state index is 2.40. The molecule has 0 aliphatic heterocycles. The van der Waals surface area contributed by atoms with E-state index in [1.54, 1.807) is 0 Å². The smallest absolute Gasteiger partial charge is 0.0383 e. The van der Waals surface area contributed by atoms with E-state index in [4.69, 9.17) is 0 Å². The SMILES string of the molecule is CCCC[C@H](C)CCCC(C)(C)C. The average Bonchev–Trinajstić information content (AvgIpc) is 1.98. The fraction of sp³-hybridized carbons (Fsp3) is 1.00. The van der Waals surface area contributed by atoms with Crippen molar-refractivity contribution in [2.24, 2.45) is 11.3 Å². The zero-order valence-corrected chi connectivity index (χ0v) is 10.3. The summed E-state index contributed by atoms with van der Waals surface area (Å²) in [5.41, 5.74) is 0.532. The van der Waals surface area contributed by atoms with Gasteiger partial charge in [-0.05, 0) is 17.8 Å². The quantitative estimate of drug-likeness (QED) is 0.543. The summed E-state index contributed by atoms with van der Waals surface area (Å²) in [6.07, 6.45) is 8.41. The molecule has 0 spiro atoms. The van der Waals surface area contributed by atoms with Crippen LogP contribution in [-0.4, -0.2) is 0 Å². The summed E-state index contributed by atoms with van der Waals surface area (Å²) in [7, 11) is 0. The van der Waals surface area contributed by atoms with Crippen molar-refractivity contribution in [3.8, 4) is 0 Å². The van der Waals surface area contributed by atoms with Crippen LogP contribution in [0.2, 0.25) is 0 Å². The first-order valence-electron chi connectivity index (χ1n) is 5.95.